The summed E-state index contributed by atoms with van der Waals surface area (Å²) in [4.78, 5) is 0.407. The standard InChI is InChI=1S/C16H27NO3S/c1-7-8-17(9-10-18)21(19,20)16-14(5)12(3)11(2)13(4)15(16)6/h18H,7-10H2,1-6H3. The minimum absolute atomic E-state index is 0.140. The van der Waals surface area contributed by atoms with Crippen LogP contribution in [-0.4, -0.2) is 37.5 Å². The molecule has 5 heteroatoms. The molecule has 0 aliphatic rings. The van der Waals surface area contributed by atoms with Gasteiger partial charge < -0.3 is 5.11 Å². The highest BCUT2D eigenvalue weighted by Gasteiger charge is 2.29. The van der Waals surface area contributed by atoms with Gasteiger partial charge in [-0.25, -0.2) is 8.42 Å². The SMILES string of the molecule is CCCN(CCO)S(=O)(=O)c1c(C)c(C)c(C)c(C)c1C. The summed E-state index contributed by atoms with van der Waals surface area (Å²) in [5, 5.41) is 9.16. The molecule has 0 saturated carbocycles. The summed E-state index contributed by atoms with van der Waals surface area (Å²) < 4.78 is 27.4. The quantitative estimate of drug-likeness (QED) is 0.878. The molecule has 0 aliphatic carbocycles. The number of benzene rings is 1. The molecular weight excluding hydrogens is 286 g/mol. The molecule has 1 N–H and O–H groups in total. The summed E-state index contributed by atoms with van der Waals surface area (Å²) in [6, 6.07) is 0. The van der Waals surface area contributed by atoms with Crippen molar-refractivity contribution in [2.24, 2.45) is 0 Å². The van der Waals surface area contributed by atoms with Gasteiger partial charge in [-0.3, -0.25) is 0 Å². The third-order valence-electron chi connectivity index (χ3n) is 4.35. The molecule has 0 spiro atoms. The molecule has 0 unspecified atom stereocenters. The molecule has 0 bridgehead atoms. The molecule has 1 aromatic carbocycles. The van der Waals surface area contributed by atoms with Crippen molar-refractivity contribution in [1.29, 1.82) is 0 Å². The van der Waals surface area contributed by atoms with Crippen LogP contribution in [0.1, 0.15) is 41.2 Å². The third-order valence-corrected chi connectivity index (χ3v) is 6.52. The van der Waals surface area contributed by atoms with Crippen LogP contribution < -0.4 is 0 Å². The van der Waals surface area contributed by atoms with Crippen molar-refractivity contribution in [2.75, 3.05) is 19.7 Å². The molecule has 0 saturated heterocycles. The third kappa shape index (κ3) is 3.30. The first-order valence-electron chi connectivity index (χ1n) is 7.38. The summed E-state index contributed by atoms with van der Waals surface area (Å²) in [5.41, 5.74) is 4.83. The van der Waals surface area contributed by atoms with E-state index in [1.807, 2.05) is 41.5 Å². The lowest BCUT2D eigenvalue weighted by Gasteiger charge is -2.25. The fourth-order valence-corrected chi connectivity index (χ4v) is 4.78. The molecular formula is C16H27NO3S. The van der Waals surface area contributed by atoms with Gasteiger partial charge in [0.25, 0.3) is 0 Å². The fourth-order valence-electron chi connectivity index (χ4n) is 2.69. The van der Waals surface area contributed by atoms with Crippen LogP contribution in [0.2, 0.25) is 0 Å². The van der Waals surface area contributed by atoms with E-state index in [9.17, 15) is 8.42 Å². The van der Waals surface area contributed by atoms with E-state index in [1.54, 1.807) is 0 Å². The first kappa shape index (κ1) is 18.1. The lowest BCUT2D eigenvalue weighted by Crippen LogP contribution is -2.35. The minimum Gasteiger partial charge on any atom is -0.395 e. The van der Waals surface area contributed by atoms with Crippen molar-refractivity contribution in [3.8, 4) is 0 Å². The Kier molecular flexibility index (Phi) is 5.96. The Balaban J connectivity index is 3.58. The molecule has 0 atom stereocenters. The first-order valence-corrected chi connectivity index (χ1v) is 8.82. The van der Waals surface area contributed by atoms with E-state index in [4.69, 9.17) is 5.11 Å². The van der Waals surface area contributed by atoms with Gasteiger partial charge in [0.1, 0.15) is 0 Å². The fraction of sp³-hybridized carbons (Fsp3) is 0.625. The number of hydrogen-bond donors (Lipinski definition) is 1. The summed E-state index contributed by atoms with van der Waals surface area (Å²) in [6.45, 7) is 12.0. The maximum absolute atomic E-state index is 13.0. The van der Waals surface area contributed by atoms with Crippen molar-refractivity contribution < 1.29 is 13.5 Å². The van der Waals surface area contributed by atoms with Crippen molar-refractivity contribution in [1.82, 2.24) is 4.31 Å². The average Bonchev–Trinajstić information content (AvgIpc) is 2.42. The Labute approximate surface area is 128 Å². The van der Waals surface area contributed by atoms with Crippen LogP contribution in [0.25, 0.3) is 0 Å². The molecule has 1 aromatic rings. The number of sulfonamides is 1. The molecule has 0 fully saturated rings. The topological polar surface area (TPSA) is 57.6 Å². The monoisotopic (exact) mass is 313 g/mol. The smallest absolute Gasteiger partial charge is 0.243 e. The van der Waals surface area contributed by atoms with E-state index in [2.05, 4.69) is 0 Å². The Morgan fingerprint density at radius 1 is 0.857 bits per heavy atom. The maximum Gasteiger partial charge on any atom is 0.243 e. The van der Waals surface area contributed by atoms with Crippen LogP contribution in [0.4, 0.5) is 0 Å². The van der Waals surface area contributed by atoms with Gasteiger partial charge in [0.05, 0.1) is 11.5 Å². The molecule has 0 heterocycles. The highest BCUT2D eigenvalue weighted by Crippen LogP contribution is 2.31. The van der Waals surface area contributed by atoms with Crippen molar-refractivity contribution in [3.05, 3.63) is 27.8 Å². The van der Waals surface area contributed by atoms with Crippen LogP contribution >= 0.6 is 0 Å². The second-order valence-electron chi connectivity index (χ2n) is 5.58. The van der Waals surface area contributed by atoms with E-state index in [1.165, 1.54) is 4.31 Å². The van der Waals surface area contributed by atoms with E-state index in [0.717, 1.165) is 34.2 Å². The van der Waals surface area contributed by atoms with Gasteiger partial charge in [-0.15, -0.1) is 0 Å². The summed E-state index contributed by atoms with van der Waals surface area (Å²) in [6.07, 6.45) is 0.723. The van der Waals surface area contributed by atoms with Gasteiger partial charge in [-0.2, -0.15) is 4.31 Å². The van der Waals surface area contributed by atoms with Crippen molar-refractivity contribution in [3.63, 3.8) is 0 Å². The Bertz CT molecular complexity index is 586. The number of hydrogen-bond acceptors (Lipinski definition) is 3. The molecule has 1 rings (SSSR count). The van der Waals surface area contributed by atoms with Crippen molar-refractivity contribution >= 4 is 10.0 Å². The highest BCUT2D eigenvalue weighted by molar-refractivity contribution is 7.89. The van der Waals surface area contributed by atoms with E-state index < -0.39 is 10.0 Å². The van der Waals surface area contributed by atoms with Crippen LogP contribution in [0.15, 0.2) is 4.90 Å². The van der Waals surface area contributed by atoms with E-state index in [0.29, 0.717) is 11.4 Å². The number of aliphatic hydroxyl groups excluding tert-OH is 1. The van der Waals surface area contributed by atoms with Gasteiger partial charge in [0.15, 0.2) is 0 Å². The molecule has 0 aliphatic heterocycles. The largest absolute Gasteiger partial charge is 0.395 e. The van der Waals surface area contributed by atoms with Gasteiger partial charge >= 0.3 is 0 Å². The number of rotatable bonds is 6. The Hall–Kier alpha value is -0.910. The zero-order valence-electron chi connectivity index (χ0n) is 13.9. The lowest BCUT2D eigenvalue weighted by atomic mass is 9.95. The van der Waals surface area contributed by atoms with Gasteiger partial charge in [-0.05, 0) is 68.9 Å². The molecule has 120 valence electrons. The van der Waals surface area contributed by atoms with Crippen molar-refractivity contribution in [2.45, 2.75) is 52.9 Å². The zero-order valence-corrected chi connectivity index (χ0v) is 14.8. The second-order valence-corrected chi connectivity index (χ2v) is 7.46. The van der Waals surface area contributed by atoms with Crippen LogP contribution in [0.3, 0.4) is 0 Å². The number of nitrogens with zero attached hydrogens (tertiary/aromatic N) is 1. The number of aliphatic hydroxyl groups is 1. The molecule has 0 aromatic heterocycles. The zero-order chi connectivity index (χ0) is 16.4. The lowest BCUT2D eigenvalue weighted by molar-refractivity contribution is 0.253. The summed E-state index contributed by atoms with van der Waals surface area (Å²) in [5.74, 6) is 0. The van der Waals surface area contributed by atoms with Crippen LogP contribution in [0.5, 0.6) is 0 Å². The average molecular weight is 313 g/mol. The summed E-state index contributed by atoms with van der Waals surface area (Å²) >= 11 is 0. The first-order chi connectivity index (χ1) is 9.69. The summed E-state index contributed by atoms with van der Waals surface area (Å²) in [7, 11) is -3.58. The van der Waals surface area contributed by atoms with E-state index in [-0.39, 0.29) is 13.2 Å². The van der Waals surface area contributed by atoms with Crippen LogP contribution in [0, 0.1) is 34.6 Å². The second kappa shape index (κ2) is 6.90. The van der Waals surface area contributed by atoms with E-state index >= 15 is 0 Å². The predicted molar refractivity (Wildman–Crippen MR) is 86.3 cm³/mol. The van der Waals surface area contributed by atoms with Crippen LogP contribution in [-0.2, 0) is 10.0 Å². The predicted octanol–water partition coefficient (Wildman–Crippen LogP) is 2.62. The highest BCUT2D eigenvalue weighted by atomic mass is 32.2. The molecule has 21 heavy (non-hydrogen) atoms. The van der Waals surface area contributed by atoms with Gasteiger partial charge in [0.2, 0.25) is 10.0 Å². The molecule has 0 amide bonds. The maximum atomic E-state index is 13.0. The Morgan fingerprint density at radius 2 is 1.29 bits per heavy atom. The Morgan fingerprint density at radius 3 is 1.67 bits per heavy atom. The minimum atomic E-state index is -3.58. The van der Waals surface area contributed by atoms with Gasteiger partial charge in [-0.1, -0.05) is 6.92 Å². The molecule has 0 radical (unpaired) electrons. The normalized spacial score (nSPS) is 12.2. The molecule has 4 nitrogen and oxygen atoms in total. The van der Waals surface area contributed by atoms with Gasteiger partial charge in [0, 0.05) is 13.1 Å².